The maximum atomic E-state index is 10.8. The third-order valence-electron chi connectivity index (χ3n) is 1.95. The Hall–Kier alpha value is -1.60. The molecule has 0 bridgehead atoms. The van der Waals surface area contributed by atoms with Crippen LogP contribution in [0.5, 0.6) is 0 Å². The molecule has 0 heterocycles. The Morgan fingerprint density at radius 2 is 2.29 bits per heavy atom. The van der Waals surface area contributed by atoms with Crippen molar-refractivity contribution in [3.63, 3.8) is 0 Å². The molecule has 1 rings (SSSR count). The average Bonchev–Trinajstić information content (AvgIpc) is 2.29. The first kappa shape index (κ1) is 13.5. The van der Waals surface area contributed by atoms with Crippen LogP contribution < -0.4 is 0 Å². The molecule has 92 valence electrons. The number of benzene rings is 1. The zero-order chi connectivity index (χ0) is 12.8. The zero-order valence-electron chi connectivity index (χ0n) is 9.08. The highest BCUT2D eigenvalue weighted by Crippen LogP contribution is 2.26. The number of aromatic carboxylic acids is 1. The van der Waals surface area contributed by atoms with Crippen molar-refractivity contribution in [2.45, 2.75) is 4.90 Å². The van der Waals surface area contributed by atoms with Crippen LogP contribution in [-0.2, 0) is 4.74 Å². The number of nitro groups is 1. The van der Waals surface area contributed by atoms with E-state index in [1.54, 1.807) is 13.2 Å². The number of ether oxygens (including phenoxy) is 1. The van der Waals surface area contributed by atoms with Crippen LogP contribution in [0.15, 0.2) is 23.1 Å². The summed E-state index contributed by atoms with van der Waals surface area (Å²) < 4.78 is 4.85. The number of thioether (sulfide) groups is 1. The van der Waals surface area contributed by atoms with E-state index in [9.17, 15) is 14.9 Å². The lowest BCUT2D eigenvalue weighted by Crippen LogP contribution is -2.02. The Kier molecular flexibility index (Phi) is 4.92. The molecule has 0 saturated heterocycles. The zero-order valence-corrected chi connectivity index (χ0v) is 9.90. The summed E-state index contributed by atoms with van der Waals surface area (Å²) in [6.07, 6.45) is 0. The second-order valence-corrected chi connectivity index (χ2v) is 4.25. The van der Waals surface area contributed by atoms with Gasteiger partial charge in [0.25, 0.3) is 5.69 Å². The third-order valence-corrected chi connectivity index (χ3v) is 2.91. The molecule has 0 spiro atoms. The monoisotopic (exact) mass is 257 g/mol. The molecule has 0 fully saturated rings. The third kappa shape index (κ3) is 3.72. The van der Waals surface area contributed by atoms with Crippen LogP contribution in [0.3, 0.4) is 0 Å². The lowest BCUT2D eigenvalue weighted by Gasteiger charge is -2.03. The van der Waals surface area contributed by atoms with Crippen LogP contribution >= 0.6 is 11.8 Å². The number of nitrogens with zero attached hydrogens (tertiary/aromatic N) is 1. The van der Waals surface area contributed by atoms with Gasteiger partial charge in [0.2, 0.25) is 0 Å². The Labute approximate surface area is 102 Å². The van der Waals surface area contributed by atoms with E-state index in [1.165, 1.54) is 23.9 Å². The lowest BCUT2D eigenvalue weighted by atomic mass is 10.2. The van der Waals surface area contributed by atoms with E-state index in [0.29, 0.717) is 17.3 Å². The highest BCUT2D eigenvalue weighted by molar-refractivity contribution is 7.99. The summed E-state index contributed by atoms with van der Waals surface area (Å²) in [7, 11) is 1.57. The first-order valence-corrected chi connectivity index (χ1v) is 5.68. The smallest absolute Gasteiger partial charge is 0.342 e. The molecule has 0 aliphatic heterocycles. The fraction of sp³-hybridized carbons (Fsp3) is 0.300. The minimum absolute atomic E-state index is 0.300. The lowest BCUT2D eigenvalue weighted by molar-refractivity contribution is -0.385. The van der Waals surface area contributed by atoms with Gasteiger partial charge in [-0.2, -0.15) is 0 Å². The second-order valence-electron chi connectivity index (χ2n) is 3.08. The number of carboxylic acids is 1. The maximum Gasteiger partial charge on any atom is 0.342 e. The van der Waals surface area contributed by atoms with Crippen molar-refractivity contribution in [2.75, 3.05) is 19.5 Å². The van der Waals surface area contributed by atoms with Crippen molar-refractivity contribution < 1.29 is 19.6 Å². The molecule has 0 atom stereocenters. The van der Waals surface area contributed by atoms with Crippen molar-refractivity contribution >= 4 is 23.4 Å². The van der Waals surface area contributed by atoms with Crippen LogP contribution in [0.25, 0.3) is 0 Å². The molecule has 0 aliphatic rings. The fourth-order valence-corrected chi connectivity index (χ4v) is 2.02. The Morgan fingerprint density at radius 3 is 2.82 bits per heavy atom. The van der Waals surface area contributed by atoms with Crippen molar-refractivity contribution in [3.8, 4) is 0 Å². The van der Waals surface area contributed by atoms with E-state index in [-0.39, 0.29) is 11.3 Å². The van der Waals surface area contributed by atoms with Crippen LogP contribution in [0.2, 0.25) is 0 Å². The molecule has 0 aromatic heterocycles. The van der Waals surface area contributed by atoms with E-state index >= 15 is 0 Å². The van der Waals surface area contributed by atoms with Gasteiger partial charge < -0.3 is 9.84 Å². The number of carbonyl (C=O) groups is 1. The van der Waals surface area contributed by atoms with Crippen molar-refractivity contribution in [1.82, 2.24) is 0 Å². The first-order chi connectivity index (χ1) is 8.06. The topological polar surface area (TPSA) is 89.7 Å². The van der Waals surface area contributed by atoms with Gasteiger partial charge in [-0.15, -0.1) is 11.8 Å². The van der Waals surface area contributed by atoms with Gasteiger partial charge in [0.15, 0.2) is 0 Å². The molecular weight excluding hydrogens is 246 g/mol. The first-order valence-electron chi connectivity index (χ1n) is 4.69. The molecule has 0 saturated carbocycles. The summed E-state index contributed by atoms with van der Waals surface area (Å²) >= 11 is 1.37. The van der Waals surface area contributed by atoms with Crippen LogP contribution in [0.1, 0.15) is 10.4 Å². The number of rotatable bonds is 6. The Balaban J connectivity index is 2.94. The summed E-state index contributed by atoms with van der Waals surface area (Å²) in [5.41, 5.74) is -0.689. The largest absolute Gasteiger partial charge is 0.477 e. The highest BCUT2D eigenvalue weighted by Gasteiger charge is 2.19. The minimum Gasteiger partial charge on any atom is -0.477 e. The standard InChI is InChI=1S/C10H11NO5S/c1-16-4-5-17-7-2-3-8(10(12)13)9(6-7)11(14)15/h2-3,6H,4-5H2,1H3,(H,12,13). The van der Waals surface area contributed by atoms with Gasteiger partial charge in [0.1, 0.15) is 5.56 Å². The van der Waals surface area contributed by atoms with E-state index in [1.807, 2.05) is 0 Å². The minimum atomic E-state index is -1.30. The van der Waals surface area contributed by atoms with E-state index in [4.69, 9.17) is 9.84 Å². The number of methoxy groups -OCH3 is 1. The maximum absolute atomic E-state index is 10.8. The van der Waals surface area contributed by atoms with E-state index < -0.39 is 10.9 Å². The normalized spacial score (nSPS) is 10.2. The summed E-state index contributed by atoms with van der Waals surface area (Å²) in [6.45, 7) is 0.527. The quantitative estimate of drug-likeness (QED) is 0.363. The number of nitro benzene ring substituents is 1. The molecular formula is C10H11NO5S. The van der Waals surface area contributed by atoms with E-state index in [0.717, 1.165) is 0 Å². The molecule has 0 amide bonds. The summed E-state index contributed by atoms with van der Waals surface area (Å²) in [6, 6.07) is 4.07. The fourth-order valence-electron chi connectivity index (χ4n) is 1.18. The van der Waals surface area contributed by atoms with Gasteiger partial charge in [-0.05, 0) is 12.1 Å². The van der Waals surface area contributed by atoms with Crippen molar-refractivity contribution in [3.05, 3.63) is 33.9 Å². The molecule has 7 heteroatoms. The van der Waals surface area contributed by atoms with Gasteiger partial charge in [-0.1, -0.05) is 0 Å². The SMILES string of the molecule is COCCSc1ccc(C(=O)O)c([N+](=O)[O-])c1. The number of carboxylic acid groups (broad SMARTS) is 1. The Morgan fingerprint density at radius 1 is 1.59 bits per heavy atom. The molecule has 1 aromatic carbocycles. The van der Waals surface area contributed by atoms with Gasteiger partial charge in [-0.25, -0.2) is 4.79 Å². The van der Waals surface area contributed by atoms with Crippen LogP contribution in [0.4, 0.5) is 5.69 Å². The Bertz CT molecular complexity index is 435. The predicted molar refractivity (Wildman–Crippen MR) is 62.7 cm³/mol. The predicted octanol–water partition coefficient (Wildman–Crippen LogP) is 2.03. The van der Waals surface area contributed by atoms with E-state index in [2.05, 4.69) is 0 Å². The molecule has 17 heavy (non-hydrogen) atoms. The molecule has 6 nitrogen and oxygen atoms in total. The van der Waals surface area contributed by atoms with Gasteiger partial charge in [-0.3, -0.25) is 10.1 Å². The average molecular weight is 257 g/mol. The van der Waals surface area contributed by atoms with Gasteiger partial charge in [0.05, 0.1) is 11.5 Å². The molecule has 0 unspecified atom stereocenters. The van der Waals surface area contributed by atoms with Gasteiger partial charge >= 0.3 is 5.97 Å². The van der Waals surface area contributed by atoms with Crippen molar-refractivity contribution in [1.29, 1.82) is 0 Å². The molecule has 1 N–H and O–H groups in total. The molecule has 0 aliphatic carbocycles. The molecule has 0 radical (unpaired) electrons. The highest BCUT2D eigenvalue weighted by atomic mass is 32.2. The van der Waals surface area contributed by atoms with Crippen LogP contribution in [0, 0.1) is 10.1 Å². The number of hydrogen-bond acceptors (Lipinski definition) is 5. The van der Waals surface area contributed by atoms with Gasteiger partial charge in [0, 0.05) is 23.8 Å². The second kappa shape index (κ2) is 6.21. The van der Waals surface area contributed by atoms with Crippen molar-refractivity contribution in [2.24, 2.45) is 0 Å². The molecule has 1 aromatic rings. The summed E-state index contributed by atoms with van der Waals surface area (Å²) in [5.74, 6) is -0.648. The summed E-state index contributed by atoms with van der Waals surface area (Å²) in [4.78, 5) is 21.4. The summed E-state index contributed by atoms with van der Waals surface area (Å²) in [5, 5.41) is 19.5. The number of hydrogen-bond donors (Lipinski definition) is 1. The van der Waals surface area contributed by atoms with Crippen LogP contribution in [-0.4, -0.2) is 35.5 Å².